The fraction of sp³-hybridized carbons (Fsp3) is 0.529. The molecule has 0 fully saturated rings. The Bertz CT molecular complexity index is 605. The third kappa shape index (κ3) is 7.98. The summed E-state index contributed by atoms with van der Waals surface area (Å²) in [6.45, 7) is 9.04. The summed E-state index contributed by atoms with van der Waals surface area (Å²) in [5.41, 5.74) is -0.677. The van der Waals surface area contributed by atoms with Gasteiger partial charge in [0.2, 0.25) is 0 Å². The van der Waals surface area contributed by atoms with E-state index in [1.54, 1.807) is 45.0 Å². The second-order valence-electron chi connectivity index (χ2n) is 6.99. The number of hydrogen-bond donors (Lipinski definition) is 2. The van der Waals surface area contributed by atoms with Gasteiger partial charge in [-0.05, 0) is 45.2 Å². The predicted octanol–water partition coefficient (Wildman–Crippen LogP) is 3.42. The Hall–Kier alpha value is -1.44. The van der Waals surface area contributed by atoms with E-state index in [0.29, 0.717) is 16.3 Å². The van der Waals surface area contributed by atoms with Gasteiger partial charge in [-0.3, -0.25) is 4.79 Å². The zero-order chi connectivity index (χ0) is 19.2. The molecule has 0 heterocycles. The number of carbonyl (C=O) groups excluding carboxylic acids is 2. The van der Waals surface area contributed by atoms with E-state index in [4.69, 9.17) is 16.3 Å². The van der Waals surface area contributed by atoms with Gasteiger partial charge >= 0.3 is 6.09 Å². The van der Waals surface area contributed by atoms with E-state index in [0.717, 1.165) is 0 Å². The first-order chi connectivity index (χ1) is 11.5. The molecule has 0 radical (unpaired) electrons. The monoisotopic (exact) mass is 388 g/mol. The molecule has 25 heavy (non-hydrogen) atoms. The van der Waals surface area contributed by atoms with E-state index in [2.05, 4.69) is 10.0 Å². The highest BCUT2D eigenvalue weighted by Crippen LogP contribution is 2.20. The predicted molar refractivity (Wildman–Crippen MR) is 98.6 cm³/mol. The van der Waals surface area contributed by atoms with Crippen molar-refractivity contribution >= 4 is 35.0 Å². The lowest BCUT2D eigenvalue weighted by Crippen LogP contribution is -2.50. The molecule has 2 unspecified atom stereocenters. The fourth-order valence-corrected chi connectivity index (χ4v) is 3.19. The van der Waals surface area contributed by atoms with Crippen LogP contribution in [0.5, 0.6) is 0 Å². The topological polar surface area (TPSA) is 90.5 Å². The molecule has 2 atom stereocenters. The van der Waals surface area contributed by atoms with Crippen LogP contribution in [0.3, 0.4) is 0 Å². The quantitative estimate of drug-likeness (QED) is 0.730. The van der Waals surface area contributed by atoms with Crippen LogP contribution < -0.4 is 10.0 Å². The Morgan fingerprint density at radius 2 is 1.88 bits per heavy atom. The van der Waals surface area contributed by atoms with Crippen molar-refractivity contribution in [3.63, 3.8) is 0 Å². The molecule has 8 heteroatoms. The van der Waals surface area contributed by atoms with Gasteiger partial charge < -0.3 is 14.6 Å². The first-order valence-corrected chi connectivity index (χ1v) is 9.48. The summed E-state index contributed by atoms with van der Waals surface area (Å²) in [5.74, 6) is -0.419. The number of carbonyl (C=O) groups is 2. The van der Waals surface area contributed by atoms with Crippen LogP contribution in [-0.2, 0) is 20.9 Å². The van der Waals surface area contributed by atoms with Crippen molar-refractivity contribution in [3.8, 4) is 0 Å². The lowest BCUT2D eigenvalue weighted by Gasteiger charge is -2.24. The Balaban J connectivity index is 2.79. The van der Waals surface area contributed by atoms with Gasteiger partial charge in [-0.2, -0.15) is 4.72 Å². The van der Waals surface area contributed by atoms with Crippen LogP contribution in [0, 0.1) is 5.92 Å². The van der Waals surface area contributed by atoms with Gasteiger partial charge in [-0.25, -0.2) is 4.79 Å². The number of amides is 2. The van der Waals surface area contributed by atoms with Gasteiger partial charge in [-0.1, -0.05) is 37.6 Å². The highest BCUT2D eigenvalue weighted by atomic mass is 35.5. The van der Waals surface area contributed by atoms with Gasteiger partial charge in [0.05, 0.1) is 5.02 Å². The summed E-state index contributed by atoms with van der Waals surface area (Å²) in [6.07, 6.45) is -0.318. The third-order valence-corrected chi connectivity index (χ3v) is 4.53. The van der Waals surface area contributed by atoms with E-state index in [1.807, 2.05) is 13.8 Å². The van der Waals surface area contributed by atoms with Crippen molar-refractivity contribution in [1.29, 1.82) is 0 Å². The first-order valence-electron chi connectivity index (χ1n) is 7.96. The highest BCUT2D eigenvalue weighted by molar-refractivity contribution is 7.90. The Morgan fingerprint density at radius 1 is 1.28 bits per heavy atom. The molecule has 2 amide bonds. The Labute approximate surface area is 157 Å². The SMILES string of the molecule is CC(C)CC(NC(=O)OC(C)(C)C)C(=O)N[S+]([O-])c1ccccc1Cl. The summed E-state index contributed by atoms with van der Waals surface area (Å²) >= 11 is 4.17. The minimum absolute atomic E-state index is 0.138. The van der Waals surface area contributed by atoms with Gasteiger partial charge in [0.15, 0.2) is 4.90 Å². The van der Waals surface area contributed by atoms with E-state index in [1.165, 1.54) is 0 Å². The summed E-state index contributed by atoms with van der Waals surface area (Å²) in [5, 5.41) is 2.83. The van der Waals surface area contributed by atoms with Crippen molar-refractivity contribution < 1.29 is 18.9 Å². The summed E-state index contributed by atoms with van der Waals surface area (Å²) in [4.78, 5) is 24.7. The van der Waals surface area contributed by atoms with Crippen LogP contribution in [0.15, 0.2) is 29.2 Å². The Kier molecular flexibility index (Phi) is 8.05. The Morgan fingerprint density at radius 3 is 2.40 bits per heavy atom. The van der Waals surface area contributed by atoms with Crippen molar-refractivity contribution in [2.45, 2.75) is 57.6 Å². The van der Waals surface area contributed by atoms with Crippen LogP contribution >= 0.6 is 11.6 Å². The molecule has 140 valence electrons. The lowest BCUT2D eigenvalue weighted by atomic mass is 10.0. The van der Waals surface area contributed by atoms with Crippen LogP contribution in [0.2, 0.25) is 5.02 Å². The molecule has 0 bridgehead atoms. The lowest BCUT2D eigenvalue weighted by molar-refractivity contribution is -0.121. The molecule has 1 aromatic carbocycles. The second kappa shape index (κ2) is 9.31. The third-order valence-electron chi connectivity index (χ3n) is 2.94. The molecule has 0 spiro atoms. The molecule has 6 nitrogen and oxygen atoms in total. The number of nitrogens with one attached hydrogen (secondary N) is 2. The number of halogens is 1. The molecule has 1 rings (SSSR count). The molecule has 0 aliphatic carbocycles. The van der Waals surface area contributed by atoms with E-state index < -0.39 is 35.0 Å². The van der Waals surface area contributed by atoms with Crippen molar-refractivity contribution in [3.05, 3.63) is 29.3 Å². The molecular weight excluding hydrogens is 364 g/mol. The van der Waals surface area contributed by atoms with E-state index >= 15 is 0 Å². The molecule has 0 saturated heterocycles. The van der Waals surface area contributed by atoms with Crippen molar-refractivity contribution in [2.24, 2.45) is 5.92 Å². The number of benzene rings is 1. The smallest absolute Gasteiger partial charge is 0.408 e. The van der Waals surface area contributed by atoms with E-state index in [-0.39, 0.29) is 5.92 Å². The summed E-state index contributed by atoms with van der Waals surface area (Å²) in [6, 6.07) is 5.68. The largest absolute Gasteiger partial charge is 0.588 e. The van der Waals surface area contributed by atoms with Gasteiger partial charge in [0, 0.05) is 0 Å². The van der Waals surface area contributed by atoms with Gasteiger partial charge in [0.1, 0.15) is 23.0 Å². The fourth-order valence-electron chi connectivity index (χ4n) is 1.97. The maximum Gasteiger partial charge on any atom is 0.408 e. The second-order valence-corrected chi connectivity index (χ2v) is 8.58. The summed E-state index contributed by atoms with van der Waals surface area (Å²) < 4.78 is 19.9. The number of alkyl carbamates (subject to hydrolysis) is 1. The number of rotatable bonds is 6. The molecule has 0 saturated carbocycles. The minimum Gasteiger partial charge on any atom is -0.588 e. The van der Waals surface area contributed by atoms with Crippen LogP contribution in [0.1, 0.15) is 41.0 Å². The maximum absolute atomic E-state index is 12.5. The normalized spacial score (nSPS) is 13.9. The van der Waals surface area contributed by atoms with Crippen LogP contribution in [0.4, 0.5) is 4.79 Å². The average Bonchev–Trinajstić information content (AvgIpc) is 2.44. The maximum atomic E-state index is 12.5. The van der Waals surface area contributed by atoms with Crippen LogP contribution in [0.25, 0.3) is 0 Å². The van der Waals surface area contributed by atoms with Gasteiger partial charge in [0.25, 0.3) is 5.91 Å². The molecular formula is C17H25ClN2O4S. The molecule has 0 aliphatic heterocycles. The molecule has 1 aromatic rings. The number of ether oxygens (including phenoxy) is 1. The standard InChI is InChI=1S/C17H25ClN2O4S/c1-11(2)10-13(19-16(22)24-17(3,4)5)15(21)20-25(23)14-9-7-6-8-12(14)18/h6-9,11,13H,10H2,1-5H3,(H,19,22)(H,20,21). The number of hydrogen-bond acceptors (Lipinski definition) is 4. The average molecular weight is 389 g/mol. The summed E-state index contributed by atoms with van der Waals surface area (Å²) in [7, 11) is 0. The molecule has 0 aromatic heterocycles. The van der Waals surface area contributed by atoms with Crippen LogP contribution in [-0.4, -0.2) is 28.2 Å². The van der Waals surface area contributed by atoms with Gasteiger partial charge in [-0.15, -0.1) is 0 Å². The molecule has 2 N–H and O–H groups in total. The van der Waals surface area contributed by atoms with E-state index in [9.17, 15) is 14.1 Å². The minimum atomic E-state index is -1.82. The zero-order valence-electron chi connectivity index (χ0n) is 15.1. The first kappa shape index (κ1) is 21.6. The molecule has 0 aliphatic rings. The zero-order valence-corrected chi connectivity index (χ0v) is 16.7. The van der Waals surface area contributed by atoms with Crippen molar-refractivity contribution in [2.75, 3.05) is 0 Å². The van der Waals surface area contributed by atoms with Crippen molar-refractivity contribution in [1.82, 2.24) is 10.0 Å². The highest BCUT2D eigenvalue weighted by Gasteiger charge is 2.29.